The number of methoxy groups -OCH3 is 1. The molecule has 3 heterocycles. The van der Waals surface area contributed by atoms with Gasteiger partial charge in [-0.2, -0.15) is 0 Å². The molecular formula is C28H30N2O6. The number of hydrogen-bond acceptors (Lipinski definition) is 7. The van der Waals surface area contributed by atoms with Crippen molar-refractivity contribution in [1.82, 2.24) is 10.1 Å². The van der Waals surface area contributed by atoms with Crippen molar-refractivity contribution in [3.05, 3.63) is 70.6 Å². The quantitative estimate of drug-likeness (QED) is 0.430. The molecule has 0 spiro atoms. The van der Waals surface area contributed by atoms with Crippen molar-refractivity contribution in [2.24, 2.45) is 0 Å². The average Bonchev–Trinajstić information content (AvgIpc) is 3.52. The Kier molecular flexibility index (Phi) is 6.84. The van der Waals surface area contributed by atoms with Crippen molar-refractivity contribution >= 4 is 12.0 Å². The second kappa shape index (κ2) is 10.4. The maximum Gasteiger partial charge on any atom is 0.247 e. The van der Waals surface area contributed by atoms with E-state index in [1.54, 1.807) is 13.2 Å². The molecule has 5 rings (SSSR count). The van der Waals surface area contributed by atoms with Gasteiger partial charge in [0.25, 0.3) is 0 Å². The van der Waals surface area contributed by atoms with E-state index in [9.17, 15) is 4.79 Å². The molecule has 188 valence electrons. The summed E-state index contributed by atoms with van der Waals surface area (Å²) in [6, 6.07) is 11.6. The van der Waals surface area contributed by atoms with Gasteiger partial charge in [0, 0.05) is 12.6 Å². The highest BCUT2D eigenvalue weighted by atomic mass is 16.6. The van der Waals surface area contributed by atoms with Crippen LogP contribution in [0.1, 0.15) is 47.0 Å². The second-order valence-corrected chi connectivity index (χ2v) is 8.93. The first-order valence-corrected chi connectivity index (χ1v) is 12.1. The Morgan fingerprint density at radius 3 is 2.72 bits per heavy atom. The van der Waals surface area contributed by atoms with Crippen LogP contribution >= 0.6 is 0 Å². The van der Waals surface area contributed by atoms with Gasteiger partial charge >= 0.3 is 0 Å². The summed E-state index contributed by atoms with van der Waals surface area (Å²) in [6.45, 7) is 5.90. The minimum atomic E-state index is -0.0231. The van der Waals surface area contributed by atoms with Crippen LogP contribution in [0, 0.1) is 13.8 Å². The Balaban J connectivity index is 1.26. The van der Waals surface area contributed by atoms with Crippen molar-refractivity contribution in [2.75, 3.05) is 26.9 Å². The zero-order chi connectivity index (χ0) is 25.1. The van der Waals surface area contributed by atoms with Crippen molar-refractivity contribution in [2.45, 2.75) is 39.3 Å². The SMILES string of the molecule is COc1cc(C=CC(=O)N2CCCC2c2ccc3c(c2)OCCO3)ccc1OCc1c(C)noc1C. The molecule has 2 aromatic carbocycles. The lowest BCUT2D eigenvalue weighted by Crippen LogP contribution is -2.29. The number of amides is 1. The summed E-state index contributed by atoms with van der Waals surface area (Å²) in [4.78, 5) is 15.0. The van der Waals surface area contributed by atoms with E-state index in [4.69, 9.17) is 23.5 Å². The van der Waals surface area contributed by atoms with Crippen molar-refractivity contribution in [3.8, 4) is 23.0 Å². The topological polar surface area (TPSA) is 83.3 Å². The molecule has 3 aromatic rings. The Morgan fingerprint density at radius 1 is 1.11 bits per heavy atom. The number of rotatable bonds is 7. The molecule has 1 unspecified atom stereocenters. The summed E-state index contributed by atoms with van der Waals surface area (Å²) in [5.41, 5.74) is 3.64. The predicted molar refractivity (Wildman–Crippen MR) is 133 cm³/mol. The molecule has 2 aliphatic heterocycles. The van der Waals surface area contributed by atoms with Gasteiger partial charge in [-0.1, -0.05) is 17.3 Å². The third-order valence-corrected chi connectivity index (χ3v) is 6.65. The lowest BCUT2D eigenvalue weighted by Gasteiger charge is -2.26. The predicted octanol–water partition coefficient (Wildman–Crippen LogP) is 5.03. The molecule has 0 bridgehead atoms. The molecule has 2 aliphatic rings. The van der Waals surface area contributed by atoms with Crippen molar-refractivity contribution in [3.63, 3.8) is 0 Å². The van der Waals surface area contributed by atoms with Crippen LogP contribution < -0.4 is 18.9 Å². The first-order chi connectivity index (χ1) is 17.5. The number of hydrogen-bond donors (Lipinski definition) is 0. The van der Waals surface area contributed by atoms with E-state index in [-0.39, 0.29) is 11.9 Å². The van der Waals surface area contributed by atoms with Crippen LogP contribution in [0.4, 0.5) is 0 Å². The van der Waals surface area contributed by atoms with Crippen molar-refractivity contribution in [1.29, 1.82) is 0 Å². The van der Waals surface area contributed by atoms with Gasteiger partial charge in [0.15, 0.2) is 23.0 Å². The van der Waals surface area contributed by atoms with E-state index in [1.807, 2.05) is 61.2 Å². The Morgan fingerprint density at radius 2 is 1.94 bits per heavy atom. The van der Waals surface area contributed by atoms with Crippen LogP contribution in [0.15, 0.2) is 47.0 Å². The fourth-order valence-electron chi connectivity index (χ4n) is 4.67. The molecule has 1 saturated heterocycles. The van der Waals surface area contributed by atoms with Crippen LogP contribution in [-0.2, 0) is 11.4 Å². The molecule has 1 amide bonds. The summed E-state index contributed by atoms with van der Waals surface area (Å²) < 4.78 is 28.0. The molecule has 0 N–H and O–H groups in total. The molecule has 1 aromatic heterocycles. The maximum atomic E-state index is 13.1. The summed E-state index contributed by atoms with van der Waals surface area (Å²) in [7, 11) is 1.60. The van der Waals surface area contributed by atoms with Gasteiger partial charge in [0.1, 0.15) is 25.6 Å². The van der Waals surface area contributed by atoms with Crippen LogP contribution in [-0.4, -0.2) is 42.8 Å². The minimum Gasteiger partial charge on any atom is -0.493 e. The first-order valence-electron chi connectivity index (χ1n) is 12.1. The van der Waals surface area contributed by atoms with Gasteiger partial charge < -0.3 is 28.4 Å². The number of aryl methyl sites for hydroxylation is 2. The van der Waals surface area contributed by atoms with E-state index in [1.165, 1.54) is 0 Å². The zero-order valence-corrected chi connectivity index (χ0v) is 20.8. The molecular weight excluding hydrogens is 460 g/mol. The Labute approximate surface area is 210 Å². The molecule has 8 nitrogen and oxygen atoms in total. The lowest BCUT2D eigenvalue weighted by molar-refractivity contribution is -0.126. The van der Waals surface area contributed by atoms with E-state index in [0.717, 1.165) is 59.0 Å². The number of benzene rings is 2. The number of likely N-dealkylation sites (tertiary alicyclic amines) is 1. The molecule has 0 radical (unpaired) electrons. The lowest BCUT2D eigenvalue weighted by atomic mass is 10.0. The molecule has 0 aliphatic carbocycles. The van der Waals surface area contributed by atoms with Crippen LogP contribution in [0.3, 0.4) is 0 Å². The molecule has 1 fully saturated rings. The van der Waals surface area contributed by atoms with Crippen LogP contribution in [0.5, 0.6) is 23.0 Å². The van der Waals surface area contributed by atoms with Crippen LogP contribution in [0.25, 0.3) is 6.08 Å². The number of nitrogens with zero attached hydrogens (tertiary/aromatic N) is 2. The third kappa shape index (κ3) is 4.89. The smallest absolute Gasteiger partial charge is 0.247 e. The van der Waals surface area contributed by atoms with E-state index in [0.29, 0.717) is 31.3 Å². The number of carbonyl (C=O) groups is 1. The monoisotopic (exact) mass is 490 g/mol. The number of aromatic nitrogens is 1. The zero-order valence-electron chi connectivity index (χ0n) is 20.8. The van der Waals surface area contributed by atoms with Gasteiger partial charge in [-0.15, -0.1) is 0 Å². The maximum absolute atomic E-state index is 13.1. The molecule has 1 atom stereocenters. The first kappa shape index (κ1) is 23.8. The van der Waals surface area contributed by atoms with Crippen molar-refractivity contribution < 1.29 is 28.3 Å². The molecule has 36 heavy (non-hydrogen) atoms. The van der Waals surface area contributed by atoms with Gasteiger partial charge in [-0.05, 0) is 68.2 Å². The summed E-state index contributed by atoms with van der Waals surface area (Å²) in [5, 5.41) is 3.96. The molecule has 0 saturated carbocycles. The van der Waals surface area contributed by atoms with E-state index in [2.05, 4.69) is 5.16 Å². The summed E-state index contributed by atoms with van der Waals surface area (Å²) >= 11 is 0. The van der Waals surface area contributed by atoms with Gasteiger partial charge in [-0.3, -0.25) is 4.79 Å². The highest BCUT2D eigenvalue weighted by Gasteiger charge is 2.29. The standard InChI is InChI=1S/C28H30N2O6/c1-18-22(19(2)36-29-18)17-35-24-9-6-20(15-26(24)32-3)7-11-28(31)30-12-4-5-23(30)21-8-10-25-27(16-21)34-14-13-33-25/h6-11,15-16,23H,4-5,12-14,17H2,1-3H3. The van der Waals surface area contributed by atoms with Gasteiger partial charge in [0.05, 0.1) is 24.4 Å². The van der Waals surface area contributed by atoms with Gasteiger partial charge in [-0.25, -0.2) is 0 Å². The summed E-state index contributed by atoms with van der Waals surface area (Å²) in [6.07, 6.45) is 5.31. The Bertz CT molecular complexity index is 1260. The highest BCUT2D eigenvalue weighted by molar-refractivity contribution is 5.92. The number of ether oxygens (including phenoxy) is 4. The van der Waals surface area contributed by atoms with Crippen LogP contribution in [0.2, 0.25) is 0 Å². The molecule has 8 heteroatoms. The average molecular weight is 491 g/mol. The third-order valence-electron chi connectivity index (χ3n) is 6.65. The minimum absolute atomic E-state index is 0.0209. The largest absolute Gasteiger partial charge is 0.493 e. The number of fused-ring (bicyclic) bond motifs is 1. The fraction of sp³-hybridized carbons (Fsp3) is 0.357. The number of carbonyl (C=O) groups excluding carboxylic acids is 1. The van der Waals surface area contributed by atoms with Gasteiger partial charge in [0.2, 0.25) is 5.91 Å². The normalized spacial score (nSPS) is 17.0. The van der Waals surface area contributed by atoms with E-state index < -0.39 is 0 Å². The Hall–Kier alpha value is -3.94. The highest BCUT2D eigenvalue weighted by Crippen LogP contribution is 2.38. The second-order valence-electron chi connectivity index (χ2n) is 8.93. The summed E-state index contributed by atoms with van der Waals surface area (Å²) in [5.74, 6) is 3.42. The van der Waals surface area contributed by atoms with E-state index >= 15 is 0 Å². The fourth-order valence-corrected chi connectivity index (χ4v) is 4.67.